The maximum Gasteiger partial charge on any atom is 0.207 e. The van der Waals surface area contributed by atoms with Crippen molar-refractivity contribution < 1.29 is 0 Å². The molecule has 1 saturated carbocycles. The fourth-order valence-electron chi connectivity index (χ4n) is 3.70. The normalized spacial score (nSPS) is 17.1. The molecule has 1 fully saturated rings. The number of benzene rings is 1. The smallest absolute Gasteiger partial charge is 0.207 e. The van der Waals surface area contributed by atoms with E-state index in [0.717, 1.165) is 17.6 Å². The summed E-state index contributed by atoms with van der Waals surface area (Å²) in [7, 11) is 0. The van der Waals surface area contributed by atoms with Gasteiger partial charge in [-0.3, -0.25) is 0 Å². The molecule has 0 saturated heterocycles. The number of H-pyrrole nitrogens is 1. The third kappa shape index (κ3) is 4.43. The van der Waals surface area contributed by atoms with Gasteiger partial charge in [0.25, 0.3) is 0 Å². The number of halogens is 2. The summed E-state index contributed by atoms with van der Waals surface area (Å²) >= 11 is 12.4. The van der Waals surface area contributed by atoms with E-state index in [1.807, 2.05) is 12.3 Å². The van der Waals surface area contributed by atoms with Crippen LogP contribution in [0, 0.1) is 5.41 Å². The minimum Gasteiger partial charge on any atom is -0.323 e. The predicted molar refractivity (Wildman–Crippen MR) is 117 cm³/mol. The van der Waals surface area contributed by atoms with Crippen LogP contribution in [-0.4, -0.2) is 21.0 Å². The van der Waals surface area contributed by atoms with Crippen molar-refractivity contribution >= 4 is 46.0 Å². The monoisotopic (exact) mass is 417 g/mol. The zero-order valence-corrected chi connectivity index (χ0v) is 17.7. The van der Waals surface area contributed by atoms with Crippen molar-refractivity contribution in [3.8, 4) is 0 Å². The van der Waals surface area contributed by atoms with Gasteiger partial charge in [0.05, 0.1) is 21.2 Å². The maximum absolute atomic E-state index is 6.22. The van der Waals surface area contributed by atoms with Crippen molar-refractivity contribution in [1.29, 1.82) is 0 Å². The zero-order valence-electron chi connectivity index (χ0n) is 16.1. The number of nitrogens with zero attached hydrogens (tertiary/aromatic N) is 2. The number of hydrogen-bond acceptors (Lipinski definition) is 4. The Balaban J connectivity index is 1.43. The Morgan fingerprint density at radius 2 is 1.89 bits per heavy atom. The molecule has 2 heterocycles. The van der Waals surface area contributed by atoms with Gasteiger partial charge in [-0.1, -0.05) is 43.1 Å². The number of rotatable bonds is 5. The van der Waals surface area contributed by atoms with Crippen LogP contribution < -0.4 is 10.6 Å². The topological polar surface area (TPSA) is 65.6 Å². The lowest BCUT2D eigenvalue weighted by atomic mass is 9.75. The molecular weight excluding hydrogens is 393 g/mol. The molecule has 0 radical (unpaired) electrons. The van der Waals surface area contributed by atoms with Gasteiger partial charge in [0, 0.05) is 18.8 Å². The summed E-state index contributed by atoms with van der Waals surface area (Å²) in [6.45, 7) is 5.54. The average molecular weight is 418 g/mol. The minimum atomic E-state index is 0.489. The highest BCUT2D eigenvalue weighted by Gasteiger charge is 2.26. The van der Waals surface area contributed by atoms with Crippen molar-refractivity contribution in [3.63, 3.8) is 0 Å². The molecule has 3 N–H and O–H groups in total. The number of pyridine rings is 1. The van der Waals surface area contributed by atoms with Gasteiger partial charge in [0.1, 0.15) is 0 Å². The molecule has 3 aromatic rings. The predicted octanol–water partition coefficient (Wildman–Crippen LogP) is 6.07. The van der Waals surface area contributed by atoms with E-state index in [9.17, 15) is 0 Å². The van der Waals surface area contributed by atoms with Gasteiger partial charge in [-0.25, -0.2) is 4.98 Å². The van der Waals surface area contributed by atoms with Gasteiger partial charge in [-0.15, -0.1) is 0 Å². The summed E-state index contributed by atoms with van der Waals surface area (Å²) in [6, 6.07) is 8.06. The quantitative estimate of drug-likeness (QED) is 0.471. The molecule has 4 rings (SSSR count). The highest BCUT2D eigenvalue weighted by atomic mass is 35.5. The number of anilines is 2. The SMILES string of the molecule is CC1(C)CCC(NCc2cnc3nc(Nc4c(Cl)cccc4Cl)[nH]c3c2)CC1. The van der Waals surface area contributed by atoms with Crippen LogP contribution in [0.5, 0.6) is 0 Å². The highest BCUT2D eigenvalue weighted by molar-refractivity contribution is 6.39. The first-order chi connectivity index (χ1) is 13.4. The van der Waals surface area contributed by atoms with Crippen molar-refractivity contribution in [3.05, 3.63) is 46.1 Å². The molecule has 0 bridgehead atoms. The van der Waals surface area contributed by atoms with Crippen LogP contribution in [0.3, 0.4) is 0 Å². The molecule has 28 heavy (non-hydrogen) atoms. The van der Waals surface area contributed by atoms with Crippen LogP contribution in [0.1, 0.15) is 45.1 Å². The lowest BCUT2D eigenvalue weighted by Crippen LogP contribution is -2.35. The molecule has 0 aliphatic heterocycles. The van der Waals surface area contributed by atoms with Gasteiger partial charge >= 0.3 is 0 Å². The van der Waals surface area contributed by atoms with Crippen molar-refractivity contribution in [1.82, 2.24) is 20.3 Å². The van der Waals surface area contributed by atoms with Gasteiger partial charge in [0.2, 0.25) is 5.95 Å². The standard InChI is InChI=1S/C21H25Cl2N5/c1-21(2)8-6-14(7-9-21)24-11-13-10-17-19(25-12-13)28-20(26-17)27-18-15(22)4-3-5-16(18)23/h3-5,10,12,14,24H,6-9,11H2,1-2H3,(H2,25,26,27,28). The summed E-state index contributed by atoms with van der Waals surface area (Å²) in [5, 5.41) is 7.92. The molecule has 5 nitrogen and oxygen atoms in total. The first-order valence-corrected chi connectivity index (χ1v) is 10.4. The Hall–Kier alpha value is -1.82. The van der Waals surface area contributed by atoms with Crippen LogP contribution >= 0.6 is 23.2 Å². The Labute approximate surface area is 175 Å². The molecule has 0 atom stereocenters. The number of fused-ring (bicyclic) bond motifs is 1. The minimum absolute atomic E-state index is 0.489. The molecule has 1 aliphatic rings. The summed E-state index contributed by atoms with van der Waals surface area (Å²) in [5.74, 6) is 0.567. The first kappa shape index (κ1) is 19.5. The van der Waals surface area contributed by atoms with Crippen LogP contribution in [0.4, 0.5) is 11.6 Å². The lowest BCUT2D eigenvalue weighted by Gasteiger charge is -2.34. The molecule has 148 valence electrons. The second-order valence-corrected chi connectivity index (χ2v) is 9.16. The van der Waals surface area contributed by atoms with Crippen LogP contribution in [0.2, 0.25) is 10.0 Å². The highest BCUT2D eigenvalue weighted by Crippen LogP contribution is 2.35. The Kier molecular flexibility index (Phi) is 5.50. The molecule has 0 unspecified atom stereocenters. The summed E-state index contributed by atoms with van der Waals surface area (Å²) in [6.07, 6.45) is 6.91. The lowest BCUT2D eigenvalue weighted by molar-refractivity contribution is 0.206. The number of para-hydroxylation sites is 1. The Morgan fingerprint density at radius 1 is 1.18 bits per heavy atom. The fraction of sp³-hybridized carbons (Fsp3) is 0.429. The molecule has 2 aromatic heterocycles. The molecular formula is C21H25Cl2N5. The second kappa shape index (κ2) is 7.90. The fourth-order valence-corrected chi connectivity index (χ4v) is 4.19. The van der Waals surface area contributed by atoms with E-state index in [-0.39, 0.29) is 0 Å². The largest absolute Gasteiger partial charge is 0.323 e. The summed E-state index contributed by atoms with van der Waals surface area (Å²) < 4.78 is 0. The molecule has 0 amide bonds. The Morgan fingerprint density at radius 3 is 2.61 bits per heavy atom. The number of nitrogens with one attached hydrogen (secondary N) is 3. The Bertz CT molecular complexity index is 952. The van der Waals surface area contributed by atoms with E-state index in [1.165, 1.54) is 25.7 Å². The number of aromatic amines is 1. The van der Waals surface area contributed by atoms with Gasteiger partial charge in [-0.05, 0) is 54.9 Å². The summed E-state index contributed by atoms with van der Waals surface area (Å²) in [4.78, 5) is 12.2. The van der Waals surface area contributed by atoms with E-state index in [2.05, 4.69) is 45.5 Å². The zero-order chi connectivity index (χ0) is 19.7. The van der Waals surface area contributed by atoms with E-state index < -0.39 is 0 Å². The maximum atomic E-state index is 6.22. The van der Waals surface area contributed by atoms with Crippen molar-refractivity contribution in [2.45, 2.75) is 52.1 Å². The van der Waals surface area contributed by atoms with Crippen molar-refractivity contribution in [2.24, 2.45) is 5.41 Å². The van der Waals surface area contributed by atoms with E-state index in [1.54, 1.807) is 12.1 Å². The van der Waals surface area contributed by atoms with Gasteiger partial charge < -0.3 is 15.6 Å². The summed E-state index contributed by atoms with van der Waals surface area (Å²) in [5.41, 5.74) is 3.81. The van der Waals surface area contributed by atoms with Crippen LogP contribution in [0.25, 0.3) is 11.2 Å². The van der Waals surface area contributed by atoms with E-state index in [4.69, 9.17) is 23.2 Å². The second-order valence-electron chi connectivity index (χ2n) is 8.34. The third-order valence-electron chi connectivity index (χ3n) is 5.53. The van der Waals surface area contributed by atoms with Crippen molar-refractivity contribution in [2.75, 3.05) is 5.32 Å². The number of imidazole rings is 1. The van der Waals surface area contributed by atoms with E-state index in [0.29, 0.717) is 38.8 Å². The molecule has 0 spiro atoms. The third-order valence-corrected chi connectivity index (χ3v) is 6.16. The molecule has 1 aliphatic carbocycles. The number of aromatic nitrogens is 3. The average Bonchev–Trinajstić information content (AvgIpc) is 3.06. The van der Waals surface area contributed by atoms with E-state index >= 15 is 0 Å². The van der Waals surface area contributed by atoms with Gasteiger partial charge in [0.15, 0.2) is 5.65 Å². The molecule has 1 aromatic carbocycles. The number of hydrogen-bond donors (Lipinski definition) is 3. The van der Waals surface area contributed by atoms with Crippen LogP contribution in [0.15, 0.2) is 30.5 Å². The first-order valence-electron chi connectivity index (χ1n) is 9.69. The van der Waals surface area contributed by atoms with Crippen LogP contribution in [-0.2, 0) is 6.54 Å². The van der Waals surface area contributed by atoms with Gasteiger partial charge in [-0.2, -0.15) is 4.98 Å². The molecule has 7 heteroatoms.